The van der Waals surface area contributed by atoms with Crippen LogP contribution in [0.3, 0.4) is 0 Å². The Kier molecular flexibility index (Phi) is 3.82. The van der Waals surface area contributed by atoms with Gasteiger partial charge in [-0.25, -0.2) is 5.10 Å². The highest BCUT2D eigenvalue weighted by Gasteiger charge is 2.04. The summed E-state index contributed by atoms with van der Waals surface area (Å²) in [5, 5.41) is 11.9. The number of nitrogens with one attached hydrogen (secondary N) is 2. The highest BCUT2D eigenvalue weighted by Crippen LogP contribution is 2.16. The minimum atomic E-state index is -0.222. The van der Waals surface area contributed by atoms with E-state index in [2.05, 4.69) is 20.7 Å². The highest BCUT2D eigenvalue weighted by molar-refractivity contribution is 5.91. The number of hydrogen-bond donors (Lipinski definition) is 2. The van der Waals surface area contributed by atoms with Crippen molar-refractivity contribution in [2.75, 3.05) is 12.5 Å². The molecular formula is C16H14N4O2. The molecule has 110 valence electrons. The summed E-state index contributed by atoms with van der Waals surface area (Å²) in [6.07, 6.45) is 1.67. The van der Waals surface area contributed by atoms with Gasteiger partial charge in [0, 0.05) is 5.39 Å². The van der Waals surface area contributed by atoms with Crippen LogP contribution in [0.2, 0.25) is 0 Å². The number of H-pyrrole nitrogens is 1. The standard InChI is InChI=1S/C16H14N4O2/c1-22-12-8-6-11(7-9-12)10-17-18-15-13-4-2-3-5-14(13)16(21)20-19-15/h2-10H,1H3,(H,18,19)(H,20,21)/b17-10+. The van der Waals surface area contributed by atoms with Gasteiger partial charge in [-0.1, -0.05) is 18.2 Å². The second-order valence-electron chi connectivity index (χ2n) is 4.59. The third-order valence-electron chi connectivity index (χ3n) is 3.20. The molecule has 0 saturated heterocycles. The van der Waals surface area contributed by atoms with E-state index in [0.29, 0.717) is 11.2 Å². The SMILES string of the molecule is COc1ccc(/C=N/Nc2n[nH]c(=O)c3ccccc23)cc1. The number of benzene rings is 2. The molecule has 0 aliphatic rings. The van der Waals surface area contributed by atoms with Crippen molar-refractivity contribution >= 4 is 22.8 Å². The van der Waals surface area contributed by atoms with E-state index in [1.165, 1.54) is 0 Å². The van der Waals surface area contributed by atoms with Crippen LogP contribution in [-0.2, 0) is 0 Å². The van der Waals surface area contributed by atoms with Gasteiger partial charge in [0.2, 0.25) is 0 Å². The second-order valence-corrected chi connectivity index (χ2v) is 4.59. The Morgan fingerprint density at radius 2 is 1.86 bits per heavy atom. The van der Waals surface area contributed by atoms with Crippen LogP contribution in [-0.4, -0.2) is 23.5 Å². The number of hydrazone groups is 1. The number of anilines is 1. The average Bonchev–Trinajstić information content (AvgIpc) is 2.58. The van der Waals surface area contributed by atoms with Gasteiger partial charge in [0.05, 0.1) is 18.7 Å². The Morgan fingerprint density at radius 1 is 1.14 bits per heavy atom. The van der Waals surface area contributed by atoms with Crippen molar-refractivity contribution in [2.45, 2.75) is 0 Å². The topological polar surface area (TPSA) is 79.4 Å². The molecule has 0 amide bonds. The molecule has 3 rings (SSSR count). The van der Waals surface area contributed by atoms with Crippen molar-refractivity contribution in [3.63, 3.8) is 0 Å². The van der Waals surface area contributed by atoms with Gasteiger partial charge < -0.3 is 4.74 Å². The molecule has 3 aromatic rings. The molecule has 0 bridgehead atoms. The number of aromatic nitrogens is 2. The highest BCUT2D eigenvalue weighted by atomic mass is 16.5. The first kappa shape index (κ1) is 13.8. The molecule has 0 spiro atoms. The first-order chi connectivity index (χ1) is 10.8. The summed E-state index contributed by atoms with van der Waals surface area (Å²) in [6.45, 7) is 0. The van der Waals surface area contributed by atoms with Crippen LogP contribution in [0, 0.1) is 0 Å². The molecule has 2 N–H and O–H groups in total. The Bertz CT molecular complexity index is 869. The largest absolute Gasteiger partial charge is 0.497 e. The lowest BCUT2D eigenvalue weighted by Gasteiger charge is -2.03. The number of aromatic amines is 1. The van der Waals surface area contributed by atoms with E-state index in [4.69, 9.17) is 4.74 Å². The van der Waals surface area contributed by atoms with E-state index in [0.717, 1.165) is 16.7 Å². The quantitative estimate of drug-likeness (QED) is 0.572. The molecule has 6 heteroatoms. The molecular weight excluding hydrogens is 280 g/mol. The van der Waals surface area contributed by atoms with Gasteiger partial charge in [0.15, 0.2) is 5.82 Å². The van der Waals surface area contributed by atoms with Gasteiger partial charge in [-0.2, -0.15) is 10.2 Å². The van der Waals surface area contributed by atoms with Crippen LogP contribution in [0.15, 0.2) is 58.4 Å². The van der Waals surface area contributed by atoms with E-state index < -0.39 is 0 Å². The van der Waals surface area contributed by atoms with Crippen molar-refractivity contribution in [1.29, 1.82) is 0 Å². The monoisotopic (exact) mass is 294 g/mol. The van der Waals surface area contributed by atoms with Crippen LogP contribution in [0.25, 0.3) is 10.8 Å². The molecule has 0 saturated carbocycles. The number of ether oxygens (including phenoxy) is 1. The lowest BCUT2D eigenvalue weighted by atomic mass is 10.2. The third kappa shape index (κ3) is 2.80. The minimum Gasteiger partial charge on any atom is -0.497 e. The fourth-order valence-electron chi connectivity index (χ4n) is 2.06. The summed E-state index contributed by atoms with van der Waals surface area (Å²) in [5.74, 6) is 1.29. The average molecular weight is 294 g/mol. The summed E-state index contributed by atoms with van der Waals surface area (Å²) in [4.78, 5) is 11.7. The van der Waals surface area contributed by atoms with Gasteiger partial charge in [0.25, 0.3) is 5.56 Å². The fraction of sp³-hybridized carbons (Fsp3) is 0.0625. The summed E-state index contributed by atoms with van der Waals surface area (Å²) in [6, 6.07) is 14.7. The lowest BCUT2D eigenvalue weighted by Crippen LogP contribution is -2.10. The molecule has 0 fully saturated rings. The summed E-state index contributed by atoms with van der Waals surface area (Å²) in [5.41, 5.74) is 3.55. The maximum absolute atomic E-state index is 11.7. The van der Waals surface area contributed by atoms with E-state index in [-0.39, 0.29) is 5.56 Å². The molecule has 22 heavy (non-hydrogen) atoms. The molecule has 2 aromatic carbocycles. The van der Waals surface area contributed by atoms with E-state index in [1.807, 2.05) is 42.5 Å². The molecule has 1 heterocycles. The Balaban J connectivity index is 1.83. The number of fused-ring (bicyclic) bond motifs is 1. The van der Waals surface area contributed by atoms with Gasteiger partial charge in [0.1, 0.15) is 5.75 Å². The lowest BCUT2D eigenvalue weighted by molar-refractivity contribution is 0.415. The van der Waals surface area contributed by atoms with Crippen LogP contribution < -0.4 is 15.7 Å². The van der Waals surface area contributed by atoms with Crippen molar-refractivity contribution in [1.82, 2.24) is 10.2 Å². The smallest absolute Gasteiger partial charge is 0.272 e. The Labute approximate surface area is 126 Å². The van der Waals surface area contributed by atoms with Gasteiger partial charge in [-0.3, -0.25) is 10.2 Å². The zero-order valence-electron chi connectivity index (χ0n) is 11.9. The molecule has 0 radical (unpaired) electrons. The molecule has 0 aliphatic heterocycles. The Morgan fingerprint density at radius 3 is 2.59 bits per heavy atom. The van der Waals surface area contributed by atoms with Crippen molar-refractivity contribution in [2.24, 2.45) is 5.10 Å². The van der Waals surface area contributed by atoms with Crippen molar-refractivity contribution in [3.8, 4) is 5.75 Å². The Hall–Kier alpha value is -3.15. The van der Waals surface area contributed by atoms with Crippen LogP contribution in [0.5, 0.6) is 5.75 Å². The molecule has 0 aliphatic carbocycles. The normalized spacial score (nSPS) is 11.0. The molecule has 1 aromatic heterocycles. The number of methoxy groups -OCH3 is 1. The summed E-state index contributed by atoms with van der Waals surface area (Å²) < 4.78 is 5.10. The second kappa shape index (κ2) is 6.09. The van der Waals surface area contributed by atoms with Crippen LogP contribution in [0.4, 0.5) is 5.82 Å². The first-order valence-corrected chi connectivity index (χ1v) is 6.68. The fourth-order valence-corrected chi connectivity index (χ4v) is 2.06. The van der Waals surface area contributed by atoms with Gasteiger partial charge >= 0.3 is 0 Å². The van der Waals surface area contributed by atoms with E-state index >= 15 is 0 Å². The summed E-state index contributed by atoms with van der Waals surface area (Å²) in [7, 11) is 1.62. The van der Waals surface area contributed by atoms with Gasteiger partial charge in [-0.15, -0.1) is 0 Å². The maximum Gasteiger partial charge on any atom is 0.272 e. The predicted molar refractivity (Wildman–Crippen MR) is 86.6 cm³/mol. The zero-order chi connectivity index (χ0) is 15.4. The first-order valence-electron chi connectivity index (χ1n) is 6.68. The number of hydrogen-bond acceptors (Lipinski definition) is 5. The summed E-state index contributed by atoms with van der Waals surface area (Å²) >= 11 is 0. The van der Waals surface area contributed by atoms with Crippen LogP contribution >= 0.6 is 0 Å². The number of nitrogens with zero attached hydrogens (tertiary/aromatic N) is 2. The van der Waals surface area contributed by atoms with Gasteiger partial charge in [-0.05, 0) is 35.9 Å². The van der Waals surface area contributed by atoms with Crippen molar-refractivity contribution < 1.29 is 4.74 Å². The zero-order valence-corrected chi connectivity index (χ0v) is 11.9. The minimum absolute atomic E-state index is 0.222. The van der Waals surface area contributed by atoms with E-state index in [9.17, 15) is 4.79 Å². The van der Waals surface area contributed by atoms with E-state index in [1.54, 1.807) is 19.4 Å². The number of rotatable bonds is 4. The molecule has 0 unspecified atom stereocenters. The maximum atomic E-state index is 11.7. The molecule has 6 nitrogen and oxygen atoms in total. The predicted octanol–water partition coefficient (Wildman–Crippen LogP) is 2.38. The van der Waals surface area contributed by atoms with Crippen molar-refractivity contribution in [3.05, 3.63) is 64.4 Å². The van der Waals surface area contributed by atoms with Crippen LogP contribution in [0.1, 0.15) is 5.56 Å². The third-order valence-corrected chi connectivity index (χ3v) is 3.20. The molecule has 0 atom stereocenters.